The molecule has 4 rings (SSSR count). The molecule has 8 heteroatoms. The number of aryl methyl sites for hydroxylation is 1. The van der Waals surface area contributed by atoms with Gasteiger partial charge in [-0.1, -0.05) is 12.1 Å². The van der Waals surface area contributed by atoms with Crippen molar-refractivity contribution in [2.24, 2.45) is 0 Å². The van der Waals surface area contributed by atoms with Gasteiger partial charge in [-0.2, -0.15) is 5.10 Å². The molecule has 0 aliphatic heterocycles. The Morgan fingerprint density at radius 2 is 2.04 bits per heavy atom. The number of anilines is 1. The Morgan fingerprint density at radius 3 is 2.77 bits per heavy atom. The third-order valence-corrected chi connectivity index (χ3v) is 5.38. The summed E-state index contributed by atoms with van der Waals surface area (Å²) in [6, 6.07) is 10.8. The van der Waals surface area contributed by atoms with E-state index in [1.165, 1.54) is 16.8 Å². The number of H-pyrrole nitrogens is 1. The van der Waals surface area contributed by atoms with Crippen molar-refractivity contribution in [1.29, 1.82) is 0 Å². The monoisotopic (exact) mass is 370 g/mol. The number of para-hydroxylation sites is 1. The standard InChI is InChI=1S/C18H15FN4O2S/c1-12-10-21-23(11-12)17-6-5-14(9-15(17)19)26(24,25)22-16-4-2-3-13-7-8-20-18(13)16/h2-11,20,22H,1H3. The fraction of sp³-hybridized carbons (Fsp3) is 0.0556. The van der Waals surface area contributed by atoms with E-state index in [1.807, 2.05) is 19.1 Å². The predicted octanol–water partition coefficient (Wildman–Crippen LogP) is 3.60. The highest BCUT2D eigenvalue weighted by Gasteiger charge is 2.18. The molecule has 0 amide bonds. The highest BCUT2D eigenvalue weighted by molar-refractivity contribution is 7.92. The fourth-order valence-corrected chi connectivity index (χ4v) is 3.84. The Balaban J connectivity index is 1.70. The lowest BCUT2D eigenvalue weighted by atomic mass is 10.2. The second-order valence-electron chi connectivity index (χ2n) is 5.93. The van der Waals surface area contributed by atoms with Gasteiger partial charge in [-0.3, -0.25) is 4.72 Å². The van der Waals surface area contributed by atoms with Crippen LogP contribution in [0.3, 0.4) is 0 Å². The van der Waals surface area contributed by atoms with E-state index in [0.717, 1.165) is 17.0 Å². The van der Waals surface area contributed by atoms with Crippen LogP contribution >= 0.6 is 0 Å². The first-order chi connectivity index (χ1) is 12.4. The second-order valence-corrected chi connectivity index (χ2v) is 7.61. The molecule has 132 valence electrons. The molecule has 2 aromatic heterocycles. The van der Waals surface area contributed by atoms with Crippen molar-refractivity contribution in [3.63, 3.8) is 0 Å². The van der Waals surface area contributed by atoms with Gasteiger partial charge in [0, 0.05) is 17.8 Å². The van der Waals surface area contributed by atoms with Gasteiger partial charge in [-0.25, -0.2) is 17.5 Å². The molecule has 0 fully saturated rings. The largest absolute Gasteiger partial charge is 0.359 e. The minimum atomic E-state index is -3.94. The average molecular weight is 370 g/mol. The molecule has 6 nitrogen and oxygen atoms in total. The molecule has 2 N–H and O–H groups in total. The summed E-state index contributed by atoms with van der Waals surface area (Å²) in [5.41, 5.74) is 2.13. The van der Waals surface area contributed by atoms with Crippen molar-refractivity contribution in [3.05, 3.63) is 72.4 Å². The number of aromatic nitrogens is 3. The van der Waals surface area contributed by atoms with E-state index in [4.69, 9.17) is 0 Å². The zero-order chi connectivity index (χ0) is 18.3. The van der Waals surface area contributed by atoms with Crippen LogP contribution in [0.25, 0.3) is 16.6 Å². The number of fused-ring (bicyclic) bond motifs is 1. The summed E-state index contributed by atoms with van der Waals surface area (Å²) in [4.78, 5) is 2.83. The lowest BCUT2D eigenvalue weighted by Crippen LogP contribution is -2.14. The van der Waals surface area contributed by atoms with Gasteiger partial charge in [0.2, 0.25) is 0 Å². The van der Waals surface area contributed by atoms with Gasteiger partial charge in [0.1, 0.15) is 11.5 Å². The highest BCUT2D eigenvalue weighted by atomic mass is 32.2. The summed E-state index contributed by atoms with van der Waals surface area (Å²) in [7, 11) is -3.94. The Morgan fingerprint density at radius 1 is 1.19 bits per heavy atom. The third kappa shape index (κ3) is 2.84. The number of hydrogen-bond donors (Lipinski definition) is 2. The number of rotatable bonds is 4. The van der Waals surface area contributed by atoms with Crippen LogP contribution in [-0.4, -0.2) is 23.2 Å². The molecule has 0 aliphatic rings. The summed E-state index contributed by atoms with van der Waals surface area (Å²) in [5, 5.41) is 4.92. The van der Waals surface area contributed by atoms with Crippen LogP contribution in [0.5, 0.6) is 0 Å². The molecule has 0 bridgehead atoms. The maximum atomic E-state index is 14.5. The van der Waals surface area contributed by atoms with Gasteiger partial charge in [0.25, 0.3) is 10.0 Å². The number of nitrogens with zero attached hydrogens (tertiary/aromatic N) is 2. The molecule has 0 aliphatic carbocycles. The molecule has 0 spiro atoms. The SMILES string of the molecule is Cc1cnn(-c2ccc(S(=O)(=O)Nc3cccc4cc[nH]c34)cc2F)c1. The molecule has 4 aromatic rings. The Kier molecular flexibility index (Phi) is 3.77. The van der Waals surface area contributed by atoms with Crippen molar-refractivity contribution in [2.45, 2.75) is 11.8 Å². The van der Waals surface area contributed by atoms with E-state index in [9.17, 15) is 12.8 Å². The summed E-state index contributed by atoms with van der Waals surface area (Å²) in [6.45, 7) is 1.84. The van der Waals surface area contributed by atoms with Crippen molar-refractivity contribution >= 4 is 26.6 Å². The van der Waals surface area contributed by atoms with Gasteiger partial charge in [-0.15, -0.1) is 0 Å². The van der Waals surface area contributed by atoms with Crippen LogP contribution in [0.1, 0.15) is 5.56 Å². The van der Waals surface area contributed by atoms with Gasteiger partial charge in [0.05, 0.1) is 22.3 Å². The minimum Gasteiger partial charge on any atom is -0.359 e. The molecular weight excluding hydrogens is 355 g/mol. The van der Waals surface area contributed by atoms with E-state index >= 15 is 0 Å². The summed E-state index contributed by atoms with van der Waals surface area (Å²) >= 11 is 0. The number of halogens is 1. The first kappa shape index (κ1) is 16.3. The summed E-state index contributed by atoms with van der Waals surface area (Å²) in [6.07, 6.45) is 4.99. The van der Waals surface area contributed by atoms with Gasteiger partial charge >= 0.3 is 0 Å². The first-order valence-corrected chi connectivity index (χ1v) is 9.32. The summed E-state index contributed by atoms with van der Waals surface area (Å²) in [5.74, 6) is -0.672. The number of hydrogen-bond acceptors (Lipinski definition) is 3. The maximum absolute atomic E-state index is 14.5. The number of aromatic amines is 1. The molecule has 0 radical (unpaired) electrons. The average Bonchev–Trinajstić information content (AvgIpc) is 3.24. The van der Waals surface area contributed by atoms with Crippen molar-refractivity contribution in [1.82, 2.24) is 14.8 Å². The first-order valence-electron chi connectivity index (χ1n) is 7.84. The lowest BCUT2D eigenvalue weighted by molar-refractivity contribution is 0.591. The van der Waals surface area contributed by atoms with Crippen LogP contribution in [0.4, 0.5) is 10.1 Å². The summed E-state index contributed by atoms with van der Waals surface area (Å²) < 4.78 is 43.6. The molecule has 0 saturated carbocycles. The lowest BCUT2D eigenvalue weighted by Gasteiger charge is -2.10. The van der Waals surface area contributed by atoms with Crippen molar-refractivity contribution in [3.8, 4) is 5.69 Å². The van der Waals surface area contributed by atoms with Gasteiger partial charge in [-0.05, 0) is 42.8 Å². The zero-order valence-corrected chi connectivity index (χ0v) is 14.6. The van der Waals surface area contributed by atoms with E-state index in [2.05, 4.69) is 14.8 Å². The molecule has 0 atom stereocenters. The van der Waals surface area contributed by atoms with Crippen LogP contribution in [0.15, 0.2) is 66.0 Å². The Hall–Kier alpha value is -3.13. The highest BCUT2D eigenvalue weighted by Crippen LogP contribution is 2.25. The number of nitrogens with one attached hydrogen (secondary N) is 2. The van der Waals surface area contributed by atoms with E-state index in [-0.39, 0.29) is 10.6 Å². The number of sulfonamides is 1. The second kappa shape index (κ2) is 5.99. The Bertz CT molecular complexity index is 1210. The molecule has 0 unspecified atom stereocenters. The smallest absolute Gasteiger partial charge is 0.262 e. The number of benzene rings is 2. The molecule has 0 saturated heterocycles. The van der Waals surface area contributed by atoms with E-state index in [0.29, 0.717) is 11.2 Å². The Labute approximate surface area is 149 Å². The third-order valence-electron chi connectivity index (χ3n) is 4.02. The predicted molar refractivity (Wildman–Crippen MR) is 97.4 cm³/mol. The molecule has 2 aromatic carbocycles. The van der Waals surface area contributed by atoms with E-state index < -0.39 is 15.8 Å². The van der Waals surface area contributed by atoms with Crippen LogP contribution in [0.2, 0.25) is 0 Å². The fourth-order valence-electron chi connectivity index (χ4n) is 2.76. The van der Waals surface area contributed by atoms with Crippen LogP contribution in [-0.2, 0) is 10.0 Å². The topological polar surface area (TPSA) is 79.8 Å². The van der Waals surface area contributed by atoms with Crippen LogP contribution in [0, 0.1) is 12.7 Å². The van der Waals surface area contributed by atoms with E-state index in [1.54, 1.807) is 30.7 Å². The molecule has 2 heterocycles. The van der Waals surface area contributed by atoms with Crippen molar-refractivity contribution in [2.75, 3.05) is 4.72 Å². The van der Waals surface area contributed by atoms with Crippen molar-refractivity contribution < 1.29 is 12.8 Å². The normalized spacial score (nSPS) is 11.8. The van der Waals surface area contributed by atoms with Gasteiger partial charge < -0.3 is 4.98 Å². The minimum absolute atomic E-state index is 0.161. The molecular formula is C18H15FN4O2S. The molecule has 26 heavy (non-hydrogen) atoms. The zero-order valence-electron chi connectivity index (χ0n) is 13.8. The maximum Gasteiger partial charge on any atom is 0.262 e. The van der Waals surface area contributed by atoms with Crippen LogP contribution < -0.4 is 4.72 Å². The van der Waals surface area contributed by atoms with Gasteiger partial charge in [0.15, 0.2) is 0 Å². The quantitative estimate of drug-likeness (QED) is 0.576.